The van der Waals surface area contributed by atoms with Crippen molar-refractivity contribution < 1.29 is 4.79 Å². The van der Waals surface area contributed by atoms with E-state index in [0.29, 0.717) is 0 Å². The van der Waals surface area contributed by atoms with Crippen molar-refractivity contribution in [2.45, 2.75) is 33.1 Å². The highest BCUT2D eigenvalue weighted by atomic mass is 16.2. The lowest BCUT2D eigenvalue weighted by molar-refractivity contribution is -0.122. The molecule has 1 rings (SSSR count). The Morgan fingerprint density at radius 1 is 1.64 bits per heavy atom. The van der Waals surface area contributed by atoms with Gasteiger partial charge in [-0.05, 0) is 26.2 Å². The molecule has 0 unspecified atom stereocenters. The summed E-state index contributed by atoms with van der Waals surface area (Å²) in [5, 5.41) is 3.92. The first-order valence-corrected chi connectivity index (χ1v) is 4.07. The molecule has 0 bridgehead atoms. The van der Waals surface area contributed by atoms with E-state index in [4.69, 9.17) is 0 Å². The Kier molecular flexibility index (Phi) is 2.63. The lowest BCUT2D eigenvalue weighted by Gasteiger charge is -1.97. The predicted octanol–water partition coefficient (Wildman–Crippen LogP) is 1.30. The van der Waals surface area contributed by atoms with Gasteiger partial charge in [-0.3, -0.25) is 4.79 Å². The van der Waals surface area contributed by atoms with E-state index in [1.807, 2.05) is 13.8 Å². The highest BCUT2D eigenvalue weighted by molar-refractivity contribution is 5.85. The van der Waals surface area contributed by atoms with Gasteiger partial charge in [0, 0.05) is 11.6 Å². The molecular formula is C8H14N2O. The Labute approximate surface area is 66.9 Å². The minimum Gasteiger partial charge on any atom is -0.273 e. The molecule has 1 N–H and O–H groups in total. The summed E-state index contributed by atoms with van der Waals surface area (Å²) in [6.07, 6.45) is 2.96. The lowest BCUT2D eigenvalue weighted by Crippen LogP contribution is -2.20. The predicted molar refractivity (Wildman–Crippen MR) is 44.3 cm³/mol. The van der Waals surface area contributed by atoms with E-state index in [2.05, 4.69) is 10.5 Å². The molecule has 0 radical (unpaired) electrons. The van der Waals surface area contributed by atoms with Crippen molar-refractivity contribution in [1.82, 2.24) is 5.43 Å². The second kappa shape index (κ2) is 3.51. The zero-order chi connectivity index (χ0) is 8.27. The van der Waals surface area contributed by atoms with Crippen molar-refractivity contribution in [3.8, 4) is 0 Å². The van der Waals surface area contributed by atoms with Crippen molar-refractivity contribution in [3.05, 3.63) is 0 Å². The smallest absolute Gasteiger partial charge is 0.243 e. The van der Waals surface area contributed by atoms with Crippen LogP contribution in [0.2, 0.25) is 0 Å². The third kappa shape index (κ3) is 2.70. The average molecular weight is 154 g/mol. The molecule has 3 nitrogen and oxygen atoms in total. The lowest BCUT2D eigenvalue weighted by atomic mass is 10.3. The van der Waals surface area contributed by atoms with Gasteiger partial charge >= 0.3 is 0 Å². The Bertz CT molecular complexity index is 183. The molecule has 1 saturated carbocycles. The highest BCUT2D eigenvalue weighted by Gasteiger charge is 2.29. The molecule has 1 aliphatic rings. The van der Waals surface area contributed by atoms with Crippen LogP contribution in [-0.4, -0.2) is 11.6 Å². The van der Waals surface area contributed by atoms with E-state index in [9.17, 15) is 4.79 Å². The third-order valence-corrected chi connectivity index (χ3v) is 1.82. The molecule has 0 spiro atoms. The Balaban J connectivity index is 2.24. The van der Waals surface area contributed by atoms with Crippen LogP contribution in [0.4, 0.5) is 0 Å². The molecule has 0 aromatic carbocycles. The van der Waals surface area contributed by atoms with Crippen LogP contribution in [0.1, 0.15) is 33.1 Å². The van der Waals surface area contributed by atoms with Crippen LogP contribution >= 0.6 is 0 Å². The van der Waals surface area contributed by atoms with Gasteiger partial charge in [-0.2, -0.15) is 5.10 Å². The Hall–Kier alpha value is -0.860. The van der Waals surface area contributed by atoms with Crippen molar-refractivity contribution in [2.75, 3.05) is 0 Å². The van der Waals surface area contributed by atoms with E-state index in [1.165, 1.54) is 0 Å². The maximum atomic E-state index is 11.0. The van der Waals surface area contributed by atoms with E-state index in [1.54, 1.807) is 0 Å². The molecule has 1 aliphatic carbocycles. The molecule has 3 heteroatoms. The SMILES string of the molecule is CC/C(C)=N\NC(=O)C1CC1. The van der Waals surface area contributed by atoms with Crippen LogP contribution < -0.4 is 5.43 Å². The minimum atomic E-state index is 0.0813. The maximum Gasteiger partial charge on any atom is 0.243 e. The number of hydrogen-bond donors (Lipinski definition) is 1. The van der Waals surface area contributed by atoms with Crippen molar-refractivity contribution >= 4 is 11.6 Å². The fourth-order valence-electron chi connectivity index (χ4n) is 0.666. The molecule has 0 aromatic heterocycles. The summed E-state index contributed by atoms with van der Waals surface area (Å²) in [5.41, 5.74) is 3.52. The maximum absolute atomic E-state index is 11.0. The molecule has 1 fully saturated rings. The van der Waals surface area contributed by atoms with E-state index >= 15 is 0 Å². The van der Waals surface area contributed by atoms with Crippen LogP contribution in [0, 0.1) is 5.92 Å². The van der Waals surface area contributed by atoms with Gasteiger partial charge in [0.25, 0.3) is 0 Å². The van der Waals surface area contributed by atoms with Gasteiger partial charge < -0.3 is 0 Å². The van der Waals surface area contributed by atoms with E-state index in [0.717, 1.165) is 25.0 Å². The van der Waals surface area contributed by atoms with Crippen molar-refractivity contribution in [3.63, 3.8) is 0 Å². The van der Waals surface area contributed by atoms with Crippen LogP contribution in [0.25, 0.3) is 0 Å². The first-order valence-electron chi connectivity index (χ1n) is 4.07. The molecule has 62 valence electrons. The van der Waals surface area contributed by atoms with Crippen LogP contribution in [0.15, 0.2) is 5.10 Å². The van der Waals surface area contributed by atoms with Gasteiger partial charge in [-0.15, -0.1) is 0 Å². The summed E-state index contributed by atoms with van der Waals surface area (Å²) in [6.45, 7) is 3.93. The average Bonchev–Trinajstić information content (AvgIpc) is 2.81. The molecule has 0 atom stereocenters. The van der Waals surface area contributed by atoms with Gasteiger partial charge in [-0.25, -0.2) is 5.43 Å². The van der Waals surface area contributed by atoms with Gasteiger partial charge in [0.2, 0.25) is 5.91 Å². The largest absolute Gasteiger partial charge is 0.273 e. The summed E-state index contributed by atoms with van der Waals surface area (Å²) in [4.78, 5) is 11.0. The standard InChI is InChI=1S/C8H14N2O/c1-3-6(2)9-10-8(11)7-4-5-7/h7H,3-5H2,1-2H3,(H,10,11)/b9-6-. The summed E-state index contributed by atoms with van der Waals surface area (Å²) < 4.78 is 0. The first kappa shape index (κ1) is 8.24. The number of rotatable bonds is 3. The van der Waals surface area contributed by atoms with Gasteiger partial charge in [0.15, 0.2) is 0 Å². The number of nitrogens with zero attached hydrogens (tertiary/aromatic N) is 1. The normalized spacial score (nSPS) is 18.2. The number of hydrazone groups is 1. The molecule has 0 saturated heterocycles. The van der Waals surface area contributed by atoms with E-state index < -0.39 is 0 Å². The monoisotopic (exact) mass is 154 g/mol. The highest BCUT2D eigenvalue weighted by Crippen LogP contribution is 2.28. The topological polar surface area (TPSA) is 41.5 Å². The number of hydrogen-bond acceptors (Lipinski definition) is 2. The molecular weight excluding hydrogens is 140 g/mol. The van der Waals surface area contributed by atoms with Crippen LogP contribution in [-0.2, 0) is 4.79 Å². The quantitative estimate of drug-likeness (QED) is 0.483. The minimum absolute atomic E-state index is 0.0813. The molecule has 11 heavy (non-hydrogen) atoms. The Morgan fingerprint density at radius 3 is 2.73 bits per heavy atom. The van der Waals surface area contributed by atoms with Gasteiger partial charge in [0.1, 0.15) is 0 Å². The molecule has 0 aliphatic heterocycles. The second-order valence-corrected chi connectivity index (χ2v) is 2.95. The van der Waals surface area contributed by atoms with Gasteiger partial charge in [0.05, 0.1) is 0 Å². The second-order valence-electron chi connectivity index (χ2n) is 2.95. The van der Waals surface area contributed by atoms with Crippen LogP contribution in [0.5, 0.6) is 0 Å². The molecule has 1 amide bonds. The van der Waals surface area contributed by atoms with Gasteiger partial charge in [-0.1, -0.05) is 6.92 Å². The summed E-state index contributed by atoms with van der Waals surface area (Å²) in [7, 11) is 0. The summed E-state index contributed by atoms with van der Waals surface area (Å²) in [5.74, 6) is 0.334. The van der Waals surface area contributed by atoms with Crippen molar-refractivity contribution in [2.24, 2.45) is 11.0 Å². The summed E-state index contributed by atoms with van der Waals surface area (Å²) >= 11 is 0. The fraction of sp³-hybridized carbons (Fsp3) is 0.750. The molecule has 0 heterocycles. The summed E-state index contributed by atoms with van der Waals surface area (Å²) in [6, 6.07) is 0. The number of nitrogens with one attached hydrogen (secondary N) is 1. The molecule has 0 aromatic rings. The zero-order valence-electron chi connectivity index (χ0n) is 7.05. The van der Waals surface area contributed by atoms with Crippen LogP contribution in [0.3, 0.4) is 0 Å². The number of carbonyl (C=O) groups excluding carboxylic acids is 1. The number of carbonyl (C=O) groups is 1. The van der Waals surface area contributed by atoms with E-state index in [-0.39, 0.29) is 11.8 Å². The first-order chi connectivity index (χ1) is 5.24. The zero-order valence-corrected chi connectivity index (χ0v) is 7.05. The van der Waals surface area contributed by atoms with Crippen molar-refractivity contribution in [1.29, 1.82) is 0 Å². The fourth-order valence-corrected chi connectivity index (χ4v) is 0.666. The third-order valence-electron chi connectivity index (χ3n) is 1.82. The Morgan fingerprint density at radius 2 is 2.27 bits per heavy atom. The number of amides is 1.